The molecular formula is C14H17Cl2FN2O2. The van der Waals surface area contributed by atoms with Gasteiger partial charge in [-0.05, 0) is 31.9 Å². The van der Waals surface area contributed by atoms with Crippen LogP contribution in [-0.2, 0) is 4.74 Å². The van der Waals surface area contributed by atoms with Crippen LogP contribution in [0.3, 0.4) is 0 Å². The van der Waals surface area contributed by atoms with E-state index in [0.29, 0.717) is 25.4 Å². The number of ether oxygens (including phenoxy) is 1. The lowest BCUT2D eigenvalue weighted by molar-refractivity contribution is 0.0983. The third-order valence-corrected chi connectivity index (χ3v) is 3.93. The Balaban J connectivity index is 1.90. The van der Waals surface area contributed by atoms with Crippen molar-refractivity contribution in [1.29, 1.82) is 0 Å². The van der Waals surface area contributed by atoms with Crippen molar-refractivity contribution in [3.8, 4) is 0 Å². The van der Waals surface area contributed by atoms with Gasteiger partial charge in [-0.1, -0.05) is 23.2 Å². The number of hydrogen-bond donors (Lipinski definition) is 1. The number of rotatable bonds is 3. The van der Waals surface area contributed by atoms with Crippen LogP contribution in [0.15, 0.2) is 12.1 Å². The number of likely N-dealkylation sites (tertiary alicyclic amines) is 1. The Morgan fingerprint density at radius 3 is 2.48 bits per heavy atom. The SMILES string of the molecule is CCOC(=O)N1CCC(Nc2cc(Cl)c(F)c(Cl)c2)CC1. The highest BCUT2D eigenvalue weighted by Gasteiger charge is 2.23. The molecule has 1 aliphatic heterocycles. The van der Waals surface area contributed by atoms with E-state index in [0.717, 1.165) is 12.8 Å². The molecule has 0 saturated carbocycles. The van der Waals surface area contributed by atoms with E-state index >= 15 is 0 Å². The molecular weight excluding hydrogens is 318 g/mol. The molecule has 4 nitrogen and oxygen atoms in total. The average Bonchev–Trinajstić information content (AvgIpc) is 2.45. The van der Waals surface area contributed by atoms with Crippen LogP contribution in [0.2, 0.25) is 10.0 Å². The predicted octanol–water partition coefficient (Wildman–Crippen LogP) is 4.17. The maximum atomic E-state index is 13.4. The van der Waals surface area contributed by atoms with Gasteiger partial charge in [0.25, 0.3) is 0 Å². The van der Waals surface area contributed by atoms with E-state index in [1.54, 1.807) is 11.8 Å². The number of piperidine rings is 1. The Morgan fingerprint density at radius 2 is 1.95 bits per heavy atom. The van der Waals surface area contributed by atoms with E-state index in [9.17, 15) is 9.18 Å². The fraction of sp³-hybridized carbons (Fsp3) is 0.500. The first-order chi connectivity index (χ1) is 10.0. The molecule has 7 heteroatoms. The minimum absolute atomic E-state index is 0.00559. The van der Waals surface area contributed by atoms with Crippen LogP contribution in [-0.4, -0.2) is 36.7 Å². The van der Waals surface area contributed by atoms with Crippen LogP contribution in [0.25, 0.3) is 0 Å². The molecule has 1 amide bonds. The number of anilines is 1. The highest BCUT2D eigenvalue weighted by atomic mass is 35.5. The first-order valence-electron chi connectivity index (χ1n) is 6.84. The number of hydrogen-bond acceptors (Lipinski definition) is 3. The summed E-state index contributed by atoms with van der Waals surface area (Å²) in [6.07, 6.45) is 1.29. The molecule has 0 spiro atoms. The first kappa shape index (κ1) is 16.2. The van der Waals surface area contributed by atoms with Gasteiger partial charge in [-0.15, -0.1) is 0 Å². The molecule has 0 unspecified atom stereocenters. The van der Waals surface area contributed by atoms with Crippen molar-refractivity contribution in [2.45, 2.75) is 25.8 Å². The van der Waals surface area contributed by atoms with Crippen LogP contribution in [0.1, 0.15) is 19.8 Å². The minimum Gasteiger partial charge on any atom is -0.450 e. The molecule has 1 fully saturated rings. The second-order valence-corrected chi connectivity index (χ2v) is 5.67. The van der Waals surface area contributed by atoms with Gasteiger partial charge >= 0.3 is 6.09 Å². The highest BCUT2D eigenvalue weighted by Crippen LogP contribution is 2.28. The van der Waals surface area contributed by atoms with Crippen molar-refractivity contribution in [2.24, 2.45) is 0 Å². The predicted molar refractivity (Wildman–Crippen MR) is 81.7 cm³/mol. The zero-order chi connectivity index (χ0) is 15.4. The number of carbonyl (C=O) groups excluding carboxylic acids is 1. The van der Waals surface area contributed by atoms with Crippen molar-refractivity contribution in [3.63, 3.8) is 0 Å². The van der Waals surface area contributed by atoms with Crippen LogP contribution in [0, 0.1) is 5.82 Å². The van der Waals surface area contributed by atoms with Gasteiger partial charge in [0.2, 0.25) is 0 Å². The van der Waals surface area contributed by atoms with Gasteiger partial charge in [0.1, 0.15) is 0 Å². The molecule has 0 aliphatic carbocycles. The molecule has 0 aromatic heterocycles. The summed E-state index contributed by atoms with van der Waals surface area (Å²) >= 11 is 11.5. The molecule has 0 bridgehead atoms. The van der Waals surface area contributed by atoms with Gasteiger partial charge < -0.3 is 15.0 Å². The van der Waals surface area contributed by atoms with E-state index in [2.05, 4.69) is 5.32 Å². The molecule has 0 atom stereocenters. The Hall–Kier alpha value is -1.20. The Bertz CT molecular complexity index is 497. The third kappa shape index (κ3) is 4.14. The largest absolute Gasteiger partial charge is 0.450 e. The molecule has 1 saturated heterocycles. The van der Waals surface area contributed by atoms with Gasteiger partial charge in [0.15, 0.2) is 5.82 Å². The first-order valence-corrected chi connectivity index (χ1v) is 7.59. The molecule has 2 rings (SSSR count). The maximum absolute atomic E-state index is 13.4. The second kappa shape index (κ2) is 7.18. The topological polar surface area (TPSA) is 41.6 Å². The van der Waals surface area contributed by atoms with E-state index in [1.807, 2.05) is 0 Å². The molecule has 1 aromatic rings. The van der Waals surface area contributed by atoms with Gasteiger partial charge in [0.05, 0.1) is 16.7 Å². The van der Waals surface area contributed by atoms with Crippen molar-refractivity contribution in [1.82, 2.24) is 4.90 Å². The van der Waals surface area contributed by atoms with Crippen molar-refractivity contribution in [2.75, 3.05) is 25.0 Å². The van der Waals surface area contributed by atoms with Crippen LogP contribution in [0.5, 0.6) is 0 Å². The van der Waals surface area contributed by atoms with E-state index < -0.39 is 5.82 Å². The monoisotopic (exact) mass is 334 g/mol. The second-order valence-electron chi connectivity index (χ2n) is 4.86. The molecule has 1 heterocycles. The average molecular weight is 335 g/mol. The van der Waals surface area contributed by atoms with Gasteiger partial charge in [-0.2, -0.15) is 0 Å². The van der Waals surface area contributed by atoms with Crippen molar-refractivity contribution >= 4 is 35.0 Å². The smallest absolute Gasteiger partial charge is 0.409 e. The number of carbonyl (C=O) groups is 1. The van der Waals surface area contributed by atoms with E-state index in [1.165, 1.54) is 12.1 Å². The van der Waals surface area contributed by atoms with E-state index in [4.69, 9.17) is 27.9 Å². The fourth-order valence-corrected chi connectivity index (χ4v) is 2.78. The lowest BCUT2D eigenvalue weighted by atomic mass is 10.1. The summed E-state index contributed by atoms with van der Waals surface area (Å²) < 4.78 is 18.3. The molecule has 1 aliphatic rings. The van der Waals surface area contributed by atoms with Crippen LogP contribution >= 0.6 is 23.2 Å². The zero-order valence-electron chi connectivity index (χ0n) is 11.7. The maximum Gasteiger partial charge on any atom is 0.409 e. The number of nitrogens with one attached hydrogen (secondary N) is 1. The Labute approximate surface area is 133 Å². The van der Waals surface area contributed by atoms with Gasteiger partial charge in [0, 0.05) is 24.8 Å². The molecule has 0 radical (unpaired) electrons. The minimum atomic E-state index is -0.610. The number of nitrogens with zero attached hydrogens (tertiary/aromatic N) is 1. The quantitative estimate of drug-likeness (QED) is 0.843. The summed E-state index contributed by atoms with van der Waals surface area (Å²) in [4.78, 5) is 13.3. The fourth-order valence-electron chi connectivity index (χ4n) is 2.30. The van der Waals surface area contributed by atoms with Crippen molar-refractivity contribution < 1.29 is 13.9 Å². The van der Waals surface area contributed by atoms with Crippen molar-refractivity contribution in [3.05, 3.63) is 28.0 Å². The van der Waals surface area contributed by atoms with Gasteiger partial charge in [-0.3, -0.25) is 0 Å². The number of benzene rings is 1. The summed E-state index contributed by atoms with van der Waals surface area (Å²) in [6, 6.07) is 3.22. The van der Waals surface area contributed by atoms with Gasteiger partial charge in [-0.25, -0.2) is 9.18 Å². The standard InChI is InChI=1S/C14H17Cl2FN2O2/c1-2-21-14(20)19-5-3-9(4-6-19)18-10-7-11(15)13(17)12(16)8-10/h7-9,18H,2-6H2,1H3. The van der Waals surface area contributed by atoms with E-state index in [-0.39, 0.29) is 22.2 Å². The summed E-state index contributed by atoms with van der Waals surface area (Å²) in [6.45, 7) is 3.41. The Morgan fingerprint density at radius 1 is 1.38 bits per heavy atom. The number of amides is 1. The van der Waals surface area contributed by atoms with Crippen LogP contribution < -0.4 is 5.32 Å². The summed E-state index contributed by atoms with van der Waals surface area (Å²) in [5.74, 6) is -0.610. The number of halogens is 3. The summed E-state index contributed by atoms with van der Waals surface area (Å²) in [7, 11) is 0. The third-order valence-electron chi connectivity index (χ3n) is 3.38. The lowest BCUT2D eigenvalue weighted by Crippen LogP contribution is -2.42. The normalized spacial score (nSPS) is 15.9. The summed E-state index contributed by atoms with van der Waals surface area (Å²) in [5.41, 5.74) is 0.681. The molecule has 116 valence electrons. The zero-order valence-corrected chi connectivity index (χ0v) is 13.2. The molecule has 21 heavy (non-hydrogen) atoms. The Kier molecular flexibility index (Phi) is 5.53. The summed E-state index contributed by atoms with van der Waals surface area (Å²) in [5, 5.41) is 3.26. The molecule has 1 N–H and O–H groups in total. The van der Waals surface area contributed by atoms with Crippen LogP contribution in [0.4, 0.5) is 14.9 Å². The highest BCUT2D eigenvalue weighted by molar-refractivity contribution is 6.35. The molecule has 1 aromatic carbocycles. The lowest BCUT2D eigenvalue weighted by Gasteiger charge is -2.32.